The fraction of sp³-hybridized carbons (Fsp3) is 1.00. The third-order valence-electron chi connectivity index (χ3n) is 1.92. The summed E-state index contributed by atoms with van der Waals surface area (Å²) in [6, 6.07) is 0. The Kier molecular flexibility index (Phi) is 9.80. The van der Waals surface area contributed by atoms with E-state index in [4.69, 9.17) is 11.5 Å². The minimum Gasteiger partial charge on any atom is -0.329 e. The highest BCUT2D eigenvalue weighted by Gasteiger charge is 2.04. The molecule has 0 rings (SSSR count). The molecule has 0 aromatic rings. The third-order valence-corrected chi connectivity index (χ3v) is 1.92. The Balaban J connectivity index is 3.47. The van der Waals surface area contributed by atoms with Gasteiger partial charge >= 0.3 is 0 Å². The smallest absolute Gasteiger partial charge is 0.0572 e. The average molecular weight is 190 g/mol. The molecule has 0 aliphatic carbocycles. The van der Waals surface area contributed by atoms with Gasteiger partial charge in [-0.25, -0.2) is 0 Å². The van der Waals surface area contributed by atoms with Gasteiger partial charge in [-0.3, -0.25) is 0 Å². The van der Waals surface area contributed by atoms with Crippen molar-refractivity contribution in [2.45, 2.75) is 32.4 Å². The molecule has 4 heteroatoms. The minimum atomic E-state index is 0.382. The molecule has 0 saturated heterocycles. The first-order valence-corrected chi connectivity index (χ1v) is 5.22. The Morgan fingerprint density at radius 1 is 1.08 bits per heavy atom. The summed E-state index contributed by atoms with van der Waals surface area (Å²) in [6.07, 6.45) is 3.99. The maximum absolute atomic E-state index is 5.42. The predicted octanol–water partition coefficient (Wildman–Crippen LogP) is -0.401. The highest BCUT2D eigenvalue weighted by atomic mass is 15.4. The number of unbranched alkanes of at least 4 members (excludes halogenated alkanes) is 1. The van der Waals surface area contributed by atoms with Crippen LogP contribution in [-0.2, 0) is 0 Å². The van der Waals surface area contributed by atoms with E-state index < -0.39 is 0 Å². The first kappa shape index (κ1) is 12.8. The Bertz CT molecular complexity index is 78.6. The van der Waals surface area contributed by atoms with Gasteiger partial charge in [0.15, 0.2) is 0 Å². The van der Waals surface area contributed by atoms with Crippen molar-refractivity contribution in [1.82, 2.24) is 10.6 Å². The van der Waals surface area contributed by atoms with Crippen LogP contribution in [0, 0.1) is 0 Å². The van der Waals surface area contributed by atoms with Crippen LogP contribution in [0.25, 0.3) is 0 Å². The normalized spacial score (nSPS) is 11.1. The molecule has 0 aromatic carbocycles. The van der Waals surface area contributed by atoms with Crippen LogP contribution >= 0.6 is 0 Å². The highest BCUT2D eigenvalue weighted by Crippen LogP contribution is 1.97. The molecule has 0 saturated carbocycles. The van der Waals surface area contributed by atoms with Gasteiger partial charge in [-0.1, -0.05) is 19.8 Å². The second-order valence-corrected chi connectivity index (χ2v) is 3.18. The van der Waals surface area contributed by atoms with Gasteiger partial charge in [-0.2, -0.15) is 0 Å². The second kappa shape index (κ2) is 9.92. The molecular formula is C9H24N4. The molecule has 0 aromatic heterocycles. The van der Waals surface area contributed by atoms with Crippen LogP contribution in [0.3, 0.4) is 0 Å². The van der Waals surface area contributed by atoms with E-state index in [2.05, 4.69) is 17.6 Å². The number of nitrogens with two attached hydrogens (primary N) is 2. The van der Waals surface area contributed by atoms with E-state index >= 15 is 0 Å². The fourth-order valence-corrected chi connectivity index (χ4v) is 1.20. The molecular weight excluding hydrogens is 166 g/mol. The molecule has 0 heterocycles. The summed E-state index contributed by atoms with van der Waals surface area (Å²) < 4.78 is 0. The lowest BCUT2D eigenvalue weighted by Gasteiger charge is -2.19. The van der Waals surface area contributed by atoms with Gasteiger partial charge in [0.2, 0.25) is 0 Å². The monoisotopic (exact) mass is 190 g/mol. The SMILES string of the molecule is CCCCC(NCC[15NH2])NCC[15NH2]. The van der Waals surface area contributed by atoms with E-state index in [0.717, 1.165) is 19.5 Å². The molecule has 80 valence electrons. The number of hydrogen-bond acceptors (Lipinski definition) is 4. The highest BCUT2D eigenvalue weighted by molar-refractivity contribution is 4.64. The van der Waals surface area contributed by atoms with Crippen molar-refractivity contribution in [3.05, 3.63) is 0 Å². The average Bonchev–Trinajstić information content (AvgIpc) is 2.17. The van der Waals surface area contributed by atoms with Crippen LogP contribution in [0.4, 0.5) is 0 Å². The van der Waals surface area contributed by atoms with E-state index in [9.17, 15) is 0 Å². The van der Waals surface area contributed by atoms with Crippen molar-refractivity contribution < 1.29 is 0 Å². The first-order chi connectivity index (χ1) is 6.35. The molecule has 0 atom stereocenters. The van der Waals surface area contributed by atoms with Crippen LogP contribution in [0.1, 0.15) is 26.2 Å². The lowest BCUT2D eigenvalue weighted by atomic mass is 10.2. The van der Waals surface area contributed by atoms with E-state index in [1.54, 1.807) is 0 Å². The third kappa shape index (κ3) is 8.18. The topological polar surface area (TPSA) is 76.1 Å². The van der Waals surface area contributed by atoms with Gasteiger partial charge in [-0.15, -0.1) is 0 Å². The molecule has 0 spiro atoms. The Morgan fingerprint density at radius 2 is 1.62 bits per heavy atom. The molecule has 0 amide bonds. The van der Waals surface area contributed by atoms with Crippen LogP contribution in [-0.4, -0.2) is 32.3 Å². The molecule has 6 N–H and O–H groups in total. The van der Waals surface area contributed by atoms with E-state index in [1.165, 1.54) is 12.8 Å². The molecule has 0 aliphatic rings. The van der Waals surface area contributed by atoms with Crippen LogP contribution in [0.2, 0.25) is 0 Å². The Labute approximate surface area is 81.4 Å². The lowest BCUT2D eigenvalue weighted by Crippen LogP contribution is -2.45. The summed E-state index contributed by atoms with van der Waals surface area (Å²) in [5.41, 5.74) is 10.8. The van der Waals surface area contributed by atoms with Gasteiger partial charge in [-0.05, 0) is 6.42 Å². The Hall–Kier alpha value is -0.160. The largest absolute Gasteiger partial charge is 0.329 e. The van der Waals surface area contributed by atoms with Crippen molar-refractivity contribution in [3.8, 4) is 0 Å². The standard InChI is InChI=1S/C9H24N4/c1-2-3-4-9(12-7-5-10)13-8-6-11/h9,12-13H,2-8,10-11H2,1H3/i10+1,11+1. The van der Waals surface area contributed by atoms with Crippen molar-refractivity contribution in [1.29, 1.82) is 0 Å². The summed E-state index contributed by atoms with van der Waals surface area (Å²) in [5, 5.41) is 6.69. The summed E-state index contributed by atoms with van der Waals surface area (Å²) in [6.45, 7) is 5.31. The molecule has 13 heavy (non-hydrogen) atoms. The van der Waals surface area contributed by atoms with Crippen molar-refractivity contribution in [2.24, 2.45) is 11.5 Å². The zero-order valence-electron chi connectivity index (χ0n) is 8.68. The minimum absolute atomic E-state index is 0.382. The second-order valence-electron chi connectivity index (χ2n) is 3.18. The summed E-state index contributed by atoms with van der Waals surface area (Å²) in [7, 11) is 0. The first-order valence-electron chi connectivity index (χ1n) is 5.22. The summed E-state index contributed by atoms with van der Waals surface area (Å²) in [4.78, 5) is 0. The molecule has 0 aliphatic heterocycles. The van der Waals surface area contributed by atoms with Crippen molar-refractivity contribution in [2.75, 3.05) is 26.2 Å². The molecule has 0 bridgehead atoms. The van der Waals surface area contributed by atoms with Gasteiger partial charge in [0.25, 0.3) is 0 Å². The fourth-order valence-electron chi connectivity index (χ4n) is 1.20. The summed E-state index contributed by atoms with van der Waals surface area (Å²) in [5.74, 6) is 0. The summed E-state index contributed by atoms with van der Waals surface area (Å²) >= 11 is 0. The van der Waals surface area contributed by atoms with Crippen molar-refractivity contribution in [3.63, 3.8) is 0 Å². The maximum atomic E-state index is 5.42. The van der Waals surface area contributed by atoms with E-state index in [1.807, 2.05) is 0 Å². The molecule has 0 radical (unpaired) electrons. The molecule has 4 nitrogen and oxygen atoms in total. The maximum Gasteiger partial charge on any atom is 0.0572 e. The quantitative estimate of drug-likeness (QED) is 0.295. The zero-order chi connectivity index (χ0) is 9.94. The van der Waals surface area contributed by atoms with E-state index in [-0.39, 0.29) is 0 Å². The molecule has 0 fully saturated rings. The van der Waals surface area contributed by atoms with Gasteiger partial charge in [0.05, 0.1) is 6.17 Å². The predicted molar refractivity (Wildman–Crippen MR) is 57.4 cm³/mol. The van der Waals surface area contributed by atoms with Crippen LogP contribution in [0.5, 0.6) is 0 Å². The van der Waals surface area contributed by atoms with Gasteiger partial charge in [0, 0.05) is 26.2 Å². The zero-order valence-corrected chi connectivity index (χ0v) is 8.68. The molecule has 0 unspecified atom stereocenters. The van der Waals surface area contributed by atoms with Crippen LogP contribution in [0.15, 0.2) is 0 Å². The van der Waals surface area contributed by atoms with Crippen molar-refractivity contribution >= 4 is 0 Å². The number of rotatable bonds is 9. The van der Waals surface area contributed by atoms with Gasteiger partial charge < -0.3 is 22.1 Å². The van der Waals surface area contributed by atoms with Crippen LogP contribution < -0.4 is 22.1 Å². The van der Waals surface area contributed by atoms with E-state index in [0.29, 0.717) is 19.3 Å². The lowest BCUT2D eigenvalue weighted by molar-refractivity contribution is 0.399. The number of hydrogen-bond donors (Lipinski definition) is 4. The number of nitrogens with one attached hydrogen (secondary N) is 2. The van der Waals surface area contributed by atoms with Gasteiger partial charge in [0.1, 0.15) is 0 Å². The Morgan fingerprint density at radius 3 is 2.00 bits per heavy atom.